The zero-order valence-electron chi connectivity index (χ0n) is 10.3. The van der Waals surface area contributed by atoms with Gasteiger partial charge in [0.1, 0.15) is 0 Å². The number of nitrogens with zero attached hydrogens (tertiary/aromatic N) is 1. The van der Waals surface area contributed by atoms with Crippen LogP contribution in [0.25, 0.3) is 0 Å². The van der Waals surface area contributed by atoms with E-state index in [4.69, 9.17) is 16.3 Å². The molecule has 3 nitrogen and oxygen atoms in total. The predicted molar refractivity (Wildman–Crippen MR) is 66.3 cm³/mol. The third-order valence-corrected chi connectivity index (χ3v) is 2.97. The number of halogens is 1. The zero-order valence-corrected chi connectivity index (χ0v) is 11.0. The molecule has 0 unspecified atom stereocenters. The van der Waals surface area contributed by atoms with E-state index < -0.39 is 0 Å². The van der Waals surface area contributed by atoms with Gasteiger partial charge in [-0.1, -0.05) is 32.4 Å². The molecular formula is C13H16ClNO2. The van der Waals surface area contributed by atoms with Gasteiger partial charge in [-0.2, -0.15) is 0 Å². The van der Waals surface area contributed by atoms with E-state index in [9.17, 15) is 4.79 Å². The number of rotatable bonds is 2. The minimum Gasteiger partial charge on any atom is -0.423 e. The fraction of sp³-hybridized carbons (Fsp3) is 0.538. The molecule has 0 N–H and O–H groups in total. The summed E-state index contributed by atoms with van der Waals surface area (Å²) in [5, 5.41) is 0.256. The van der Waals surface area contributed by atoms with Crippen LogP contribution in [-0.4, -0.2) is 11.0 Å². The Balaban J connectivity index is 2.16. The van der Waals surface area contributed by atoms with Gasteiger partial charge in [-0.05, 0) is 25.0 Å². The molecule has 17 heavy (non-hydrogen) atoms. The quantitative estimate of drug-likeness (QED) is 0.599. The van der Waals surface area contributed by atoms with Crippen molar-refractivity contribution in [1.82, 2.24) is 4.98 Å². The smallest absolute Gasteiger partial charge is 0.314 e. The van der Waals surface area contributed by atoms with Crippen LogP contribution in [0.15, 0.2) is 12.1 Å². The first-order chi connectivity index (χ1) is 7.88. The van der Waals surface area contributed by atoms with Crippen LogP contribution in [0.1, 0.15) is 39.3 Å². The number of hydrogen-bond acceptors (Lipinski definition) is 3. The number of hydrogen-bond donors (Lipinski definition) is 0. The molecule has 0 aromatic carbocycles. The van der Waals surface area contributed by atoms with Gasteiger partial charge in [0.05, 0.1) is 5.92 Å². The molecule has 0 aliphatic heterocycles. The Morgan fingerprint density at radius 3 is 2.53 bits per heavy atom. The van der Waals surface area contributed by atoms with Crippen molar-refractivity contribution < 1.29 is 9.53 Å². The average Bonchev–Trinajstić information content (AvgIpc) is 3.02. The van der Waals surface area contributed by atoms with Crippen molar-refractivity contribution in [3.05, 3.63) is 23.0 Å². The summed E-state index contributed by atoms with van der Waals surface area (Å²) in [5.74, 6) is 0.224. The van der Waals surface area contributed by atoms with Crippen molar-refractivity contribution in [3.63, 3.8) is 0 Å². The Morgan fingerprint density at radius 2 is 2.06 bits per heavy atom. The maximum absolute atomic E-state index is 11.5. The first-order valence-corrected chi connectivity index (χ1v) is 6.14. The lowest BCUT2D eigenvalue weighted by Crippen LogP contribution is -2.15. The number of ether oxygens (including phenoxy) is 1. The molecule has 1 saturated carbocycles. The Hall–Kier alpha value is -1.09. The first-order valence-electron chi connectivity index (χ1n) is 5.76. The predicted octanol–water partition coefficient (Wildman–Crippen LogP) is 3.35. The maximum Gasteiger partial charge on any atom is 0.314 e. The van der Waals surface area contributed by atoms with Crippen LogP contribution in [-0.2, 0) is 10.2 Å². The SMILES string of the molecule is CC(C)(C)c1ccc(OC(=O)C2CC2)c(Cl)n1. The summed E-state index contributed by atoms with van der Waals surface area (Å²) in [7, 11) is 0. The minimum atomic E-state index is -0.197. The Labute approximate surface area is 106 Å². The summed E-state index contributed by atoms with van der Waals surface area (Å²) >= 11 is 6.02. The van der Waals surface area contributed by atoms with Crippen LogP contribution < -0.4 is 4.74 Å². The standard InChI is InChI=1S/C13H16ClNO2/c1-13(2,3)10-7-6-9(11(14)15-10)17-12(16)8-4-5-8/h6-8H,4-5H2,1-3H3. The summed E-state index contributed by atoms with van der Waals surface area (Å²) in [5.41, 5.74) is 0.816. The molecule has 92 valence electrons. The highest BCUT2D eigenvalue weighted by Gasteiger charge is 2.32. The number of aromatic nitrogens is 1. The third kappa shape index (κ3) is 2.97. The number of pyridine rings is 1. The van der Waals surface area contributed by atoms with Crippen LogP contribution in [0, 0.1) is 5.92 Å². The average molecular weight is 254 g/mol. The summed E-state index contributed by atoms with van der Waals surface area (Å²) in [6, 6.07) is 3.57. The van der Waals surface area contributed by atoms with Crippen molar-refractivity contribution in [2.45, 2.75) is 39.0 Å². The molecule has 1 heterocycles. The number of carbonyl (C=O) groups is 1. The fourth-order valence-corrected chi connectivity index (χ4v) is 1.62. The normalized spacial score (nSPS) is 15.8. The molecule has 1 aliphatic rings. The second-order valence-electron chi connectivity index (χ2n) is 5.43. The van der Waals surface area contributed by atoms with Gasteiger partial charge in [-0.3, -0.25) is 4.79 Å². The van der Waals surface area contributed by atoms with Gasteiger partial charge in [0.25, 0.3) is 0 Å². The molecule has 0 atom stereocenters. The first kappa shape index (κ1) is 12.4. The molecule has 0 radical (unpaired) electrons. The van der Waals surface area contributed by atoms with Crippen LogP contribution in [0.3, 0.4) is 0 Å². The molecular weight excluding hydrogens is 238 g/mol. The van der Waals surface area contributed by atoms with E-state index in [0.29, 0.717) is 5.75 Å². The summed E-state index contributed by atoms with van der Waals surface area (Å²) in [4.78, 5) is 15.8. The molecule has 1 fully saturated rings. The second kappa shape index (κ2) is 4.30. The van der Waals surface area contributed by atoms with Crippen molar-refractivity contribution in [2.75, 3.05) is 0 Å². The van der Waals surface area contributed by atoms with E-state index in [1.165, 1.54) is 0 Å². The topological polar surface area (TPSA) is 39.2 Å². The van der Waals surface area contributed by atoms with E-state index in [0.717, 1.165) is 18.5 Å². The van der Waals surface area contributed by atoms with Gasteiger partial charge >= 0.3 is 5.97 Å². The van der Waals surface area contributed by atoms with E-state index in [-0.39, 0.29) is 22.5 Å². The van der Waals surface area contributed by atoms with E-state index in [1.807, 2.05) is 6.07 Å². The molecule has 0 saturated heterocycles. The minimum absolute atomic E-state index is 0.0633. The molecule has 0 spiro atoms. The van der Waals surface area contributed by atoms with E-state index in [2.05, 4.69) is 25.8 Å². The fourth-order valence-electron chi connectivity index (χ4n) is 1.43. The van der Waals surface area contributed by atoms with Crippen molar-refractivity contribution in [1.29, 1.82) is 0 Å². The van der Waals surface area contributed by atoms with Crippen molar-refractivity contribution in [2.24, 2.45) is 5.92 Å². The molecule has 1 aromatic heterocycles. The Kier molecular flexibility index (Phi) is 3.13. The van der Waals surface area contributed by atoms with Gasteiger partial charge in [0, 0.05) is 11.1 Å². The number of esters is 1. The summed E-state index contributed by atoms with van der Waals surface area (Å²) in [6.45, 7) is 6.17. The largest absolute Gasteiger partial charge is 0.423 e. The highest BCUT2D eigenvalue weighted by molar-refractivity contribution is 6.31. The van der Waals surface area contributed by atoms with Gasteiger partial charge < -0.3 is 4.74 Å². The second-order valence-corrected chi connectivity index (χ2v) is 5.79. The lowest BCUT2D eigenvalue weighted by atomic mass is 9.92. The van der Waals surface area contributed by atoms with Gasteiger partial charge in [0.15, 0.2) is 10.9 Å². The van der Waals surface area contributed by atoms with Gasteiger partial charge in [-0.15, -0.1) is 0 Å². The van der Waals surface area contributed by atoms with E-state index >= 15 is 0 Å². The Morgan fingerprint density at radius 1 is 1.41 bits per heavy atom. The molecule has 0 amide bonds. The summed E-state index contributed by atoms with van der Waals surface area (Å²) in [6.07, 6.45) is 1.84. The highest BCUT2D eigenvalue weighted by Crippen LogP contribution is 2.33. The zero-order chi connectivity index (χ0) is 12.6. The molecule has 0 bridgehead atoms. The molecule has 1 aromatic rings. The lowest BCUT2D eigenvalue weighted by molar-refractivity contribution is -0.135. The van der Waals surface area contributed by atoms with Crippen LogP contribution in [0.4, 0.5) is 0 Å². The van der Waals surface area contributed by atoms with Gasteiger partial charge in [0.2, 0.25) is 0 Å². The van der Waals surface area contributed by atoms with E-state index in [1.54, 1.807) is 6.07 Å². The molecule has 4 heteroatoms. The van der Waals surface area contributed by atoms with Crippen LogP contribution >= 0.6 is 11.6 Å². The van der Waals surface area contributed by atoms with Crippen LogP contribution in [0.2, 0.25) is 5.15 Å². The lowest BCUT2D eigenvalue weighted by Gasteiger charge is -2.18. The molecule has 2 rings (SSSR count). The maximum atomic E-state index is 11.5. The Bertz CT molecular complexity index is 447. The third-order valence-electron chi connectivity index (χ3n) is 2.70. The van der Waals surface area contributed by atoms with Gasteiger partial charge in [-0.25, -0.2) is 4.98 Å². The van der Waals surface area contributed by atoms with Crippen molar-refractivity contribution >= 4 is 17.6 Å². The highest BCUT2D eigenvalue weighted by atomic mass is 35.5. The summed E-state index contributed by atoms with van der Waals surface area (Å²) < 4.78 is 5.20. The van der Waals surface area contributed by atoms with Crippen molar-refractivity contribution in [3.8, 4) is 5.75 Å². The number of carbonyl (C=O) groups excluding carboxylic acids is 1. The van der Waals surface area contributed by atoms with Crippen LogP contribution in [0.5, 0.6) is 5.75 Å². The molecule has 1 aliphatic carbocycles. The monoisotopic (exact) mass is 253 g/mol.